The highest BCUT2D eigenvalue weighted by molar-refractivity contribution is 7.22. The number of benzene rings is 1. The van der Waals surface area contributed by atoms with E-state index in [0.29, 0.717) is 15.8 Å². The molecule has 0 spiro atoms. The first-order valence-corrected chi connectivity index (χ1v) is 9.78. The van der Waals surface area contributed by atoms with Gasteiger partial charge in [-0.05, 0) is 37.8 Å². The molecule has 130 valence electrons. The maximum absolute atomic E-state index is 13.8. The second-order valence-electron chi connectivity index (χ2n) is 6.08. The molecule has 1 aliphatic carbocycles. The fourth-order valence-corrected chi connectivity index (χ4v) is 4.92. The van der Waals surface area contributed by atoms with E-state index in [-0.39, 0.29) is 18.3 Å². The highest BCUT2D eigenvalue weighted by Gasteiger charge is 2.18. The van der Waals surface area contributed by atoms with E-state index in [0.717, 1.165) is 23.2 Å². The number of halogens is 1. The highest BCUT2D eigenvalue weighted by atomic mass is 32.1. The maximum atomic E-state index is 13.8. The summed E-state index contributed by atoms with van der Waals surface area (Å²) in [5, 5.41) is 4.16. The average Bonchev–Trinajstić information content (AvgIpc) is 3.18. The minimum Gasteiger partial charge on any atom is -0.342 e. The molecule has 3 aromatic rings. The number of nitrogens with zero attached hydrogens (tertiary/aromatic N) is 3. The van der Waals surface area contributed by atoms with Crippen LogP contribution in [0.25, 0.3) is 10.2 Å². The van der Waals surface area contributed by atoms with Crippen molar-refractivity contribution in [1.29, 1.82) is 0 Å². The molecule has 0 radical (unpaired) electrons. The number of anilines is 2. The number of para-hydroxylation sites is 1. The predicted octanol–water partition coefficient (Wildman–Crippen LogP) is 3.85. The lowest BCUT2D eigenvalue weighted by Crippen LogP contribution is -2.29. The number of fused-ring (bicyclic) bond motifs is 2. The lowest BCUT2D eigenvalue weighted by atomic mass is 10.0. The minimum absolute atomic E-state index is 0.145. The highest BCUT2D eigenvalue weighted by Crippen LogP contribution is 2.31. The zero-order chi connectivity index (χ0) is 17.4. The summed E-state index contributed by atoms with van der Waals surface area (Å²) in [5.74, 6) is -0.487. The SMILES string of the molecule is CN(CC(=O)Nc1nc2c(s1)CCCC2)c1nc2c(F)cccc2s1. The van der Waals surface area contributed by atoms with Gasteiger partial charge < -0.3 is 10.2 Å². The van der Waals surface area contributed by atoms with E-state index in [9.17, 15) is 9.18 Å². The summed E-state index contributed by atoms with van der Waals surface area (Å²) >= 11 is 2.94. The Morgan fingerprint density at radius 2 is 2.12 bits per heavy atom. The predicted molar refractivity (Wildman–Crippen MR) is 100 cm³/mol. The van der Waals surface area contributed by atoms with Crippen molar-refractivity contribution in [2.24, 2.45) is 0 Å². The third-order valence-electron chi connectivity index (χ3n) is 4.16. The van der Waals surface area contributed by atoms with E-state index in [1.165, 1.54) is 35.1 Å². The molecule has 1 N–H and O–H groups in total. The number of aryl methyl sites for hydroxylation is 2. The molecule has 2 heterocycles. The fourth-order valence-electron chi connectivity index (χ4n) is 2.91. The molecule has 0 fully saturated rings. The van der Waals surface area contributed by atoms with E-state index in [4.69, 9.17) is 0 Å². The van der Waals surface area contributed by atoms with Gasteiger partial charge in [-0.15, -0.1) is 11.3 Å². The summed E-state index contributed by atoms with van der Waals surface area (Å²) in [6, 6.07) is 4.88. The summed E-state index contributed by atoms with van der Waals surface area (Å²) in [6.07, 6.45) is 4.42. The molecule has 5 nitrogen and oxygen atoms in total. The quantitative estimate of drug-likeness (QED) is 0.751. The molecule has 2 aromatic heterocycles. The van der Waals surface area contributed by atoms with Crippen LogP contribution in [0.5, 0.6) is 0 Å². The molecule has 1 aliphatic rings. The van der Waals surface area contributed by atoms with Crippen molar-refractivity contribution in [3.8, 4) is 0 Å². The summed E-state index contributed by atoms with van der Waals surface area (Å²) in [7, 11) is 1.78. The van der Waals surface area contributed by atoms with E-state index in [1.807, 2.05) is 6.07 Å². The molecule has 8 heteroatoms. The van der Waals surface area contributed by atoms with Crippen LogP contribution in [0.15, 0.2) is 18.2 Å². The molecule has 1 aromatic carbocycles. The third kappa shape index (κ3) is 3.36. The van der Waals surface area contributed by atoms with Gasteiger partial charge in [0.2, 0.25) is 5.91 Å². The molecule has 25 heavy (non-hydrogen) atoms. The van der Waals surface area contributed by atoms with Crippen LogP contribution in [0, 0.1) is 5.82 Å². The van der Waals surface area contributed by atoms with Crippen LogP contribution >= 0.6 is 22.7 Å². The van der Waals surface area contributed by atoms with Crippen LogP contribution in [0.3, 0.4) is 0 Å². The van der Waals surface area contributed by atoms with Gasteiger partial charge >= 0.3 is 0 Å². The zero-order valence-corrected chi connectivity index (χ0v) is 15.3. The van der Waals surface area contributed by atoms with Crippen molar-refractivity contribution in [3.63, 3.8) is 0 Å². The van der Waals surface area contributed by atoms with Gasteiger partial charge in [-0.3, -0.25) is 4.79 Å². The number of thiazole rings is 2. The van der Waals surface area contributed by atoms with Crippen molar-refractivity contribution in [2.75, 3.05) is 23.8 Å². The Hall–Kier alpha value is -2.06. The van der Waals surface area contributed by atoms with Crippen molar-refractivity contribution in [1.82, 2.24) is 9.97 Å². The Morgan fingerprint density at radius 3 is 2.92 bits per heavy atom. The number of rotatable bonds is 4. The first-order chi connectivity index (χ1) is 12.1. The minimum atomic E-state index is -0.341. The largest absolute Gasteiger partial charge is 0.342 e. The number of aromatic nitrogens is 2. The maximum Gasteiger partial charge on any atom is 0.245 e. The van der Waals surface area contributed by atoms with Crippen molar-refractivity contribution < 1.29 is 9.18 Å². The number of nitrogens with one attached hydrogen (secondary N) is 1. The zero-order valence-electron chi connectivity index (χ0n) is 13.7. The van der Waals surface area contributed by atoms with Crippen LogP contribution in [0.1, 0.15) is 23.4 Å². The lowest BCUT2D eigenvalue weighted by Gasteiger charge is -2.14. The average molecular weight is 376 g/mol. The Balaban J connectivity index is 1.44. The standard InChI is InChI=1S/C17H17FN4OS2/c1-22(17-21-15-10(18)5-4-8-13(15)25-17)9-14(23)20-16-19-11-6-2-3-7-12(11)24-16/h4-5,8H,2-3,6-7,9H2,1H3,(H,19,20,23). The van der Waals surface area contributed by atoms with Crippen LogP contribution in [0.2, 0.25) is 0 Å². The van der Waals surface area contributed by atoms with Gasteiger partial charge in [-0.25, -0.2) is 14.4 Å². The van der Waals surface area contributed by atoms with Crippen molar-refractivity contribution in [2.45, 2.75) is 25.7 Å². The van der Waals surface area contributed by atoms with E-state index in [2.05, 4.69) is 15.3 Å². The Bertz CT molecular complexity index is 913. The van der Waals surface area contributed by atoms with Crippen LogP contribution < -0.4 is 10.2 Å². The summed E-state index contributed by atoms with van der Waals surface area (Å²) in [5.41, 5.74) is 1.48. The topological polar surface area (TPSA) is 58.1 Å². The number of carbonyl (C=O) groups excluding carboxylic acids is 1. The van der Waals surface area contributed by atoms with Gasteiger partial charge in [0, 0.05) is 11.9 Å². The molecule has 0 aliphatic heterocycles. The Labute approximate surface area is 152 Å². The van der Waals surface area contributed by atoms with Gasteiger partial charge in [0.25, 0.3) is 0 Å². The first kappa shape index (κ1) is 16.4. The van der Waals surface area contributed by atoms with Gasteiger partial charge in [0.05, 0.1) is 16.9 Å². The van der Waals surface area contributed by atoms with E-state index < -0.39 is 0 Å². The molecule has 1 amide bonds. The van der Waals surface area contributed by atoms with Crippen molar-refractivity contribution >= 4 is 49.1 Å². The summed E-state index contributed by atoms with van der Waals surface area (Å²) in [4.78, 5) is 24.1. The Morgan fingerprint density at radius 1 is 1.28 bits per heavy atom. The summed E-state index contributed by atoms with van der Waals surface area (Å²) in [6.45, 7) is 0.145. The number of hydrogen-bond acceptors (Lipinski definition) is 6. The van der Waals surface area contributed by atoms with Crippen molar-refractivity contribution in [3.05, 3.63) is 34.6 Å². The van der Waals surface area contributed by atoms with E-state index >= 15 is 0 Å². The number of likely N-dealkylation sites (N-methyl/N-ethyl adjacent to an activating group) is 1. The molecule has 0 atom stereocenters. The normalized spacial score (nSPS) is 13.7. The molecular weight excluding hydrogens is 359 g/mol. The first-order valence-electron chi connectivity index (χ1n) is 8.15. The molecule has 4 rings (SSSR count). The second-order valence-corrected chi connectivity index (χ2v) is 8.18. The number of amides is 1. The molecule has 0 saturated carbocycles. The van der Waals surface area contributed by atoms with Gasteiger partial charge in [-0.1, -0.05) is 17.4 Å². The molecule has 0 saturated heterocycles. The number of carbonyl (C=O) groups is 1. The van der Waals surface area contributed by atoms with E-state index in [1.54, 1.807) is 29.4 Å². The van der Waals surface area contributed by atoms with Crippen LogP contribution in [-0.4, -0.2) is 29.5 Å². The van der Waals surface area contributed by atoms with Gasteiger partial charge in [-0.2, -0.15) is 0 Å². The van der Waals surface area contributed by atoms with Gasteiger partial charge in [0.1, 0.15) is 11.3 Å². The van der Waals surface area contributed by atoms with Crippen LogP contribution in [-0.2, 0) is 17.6 Å². The Kier molecular flexibility index (Phi) is 4.39. The monoisotopic (exact) mass is 376 g/mol. The lowest BCUT2D eigenvalue weighted by molar-refractivity contribution is -0.114. The summed E-state index contributed by atoms with van der Waals surface area (Å²) < 4.78 is 14.5. The molecular formula is C17H17FN4OS2. The smallest absolute Gasteiger partial charge is 0.245 e. The van der Waals surface area contributed by atoms with Gasteiger partial charge in [0.15, 0.2) is 10.3 Å². The number of hydrogen-bond donors (Lipinski definition) is 1. The third-order valence-corrected chi connectivity index (χ3v) is 6.37. The second kappa shape index (κ2) is 6.68. The van der Waals surface area contributed by atoms with Crippen LogP contribution in [0.4, 0.5) is 14.7 Å². The molecule has 0 unspecified atom stereocenters. The fraction of sp³-hybridized carbons (Fsp3) is 0.353. The molecule has 0 bridgehead atoms.